The second kappa shape index (κ2) is 7.61. The van der Waals surface area contributed by atoms with Crippen LogP contribution in [0.4, 0.5) is 5.69 Å². The number of anilines is 1. The summed E-state index contributed by atoms with van der Waals surface area (Å²) in [4.78, 5) is 35.5. The Kier molecular flexibility index (Phi) is 5.08. The minimum absolute atomic E-state index is 0.0937. The van der Waals surface area contributed by atoms with Crippen molar-refractivity contribution in [1.29, 1.82) is 0 Å². The molecule has 0 aliphatic heterocycles. The van der Waals surface area contributed by atoms with Crippen molar-refractivity contribution >= 4 is 34.1 Å². The molecule has 5 nitrogen and oxygen atoms in total. The quantitative estimate of drug-likeness (QED) is 0.562. The van der Waals surface area contributed by atoms with E-state index in [-0.39, 0.29) is 5.78 Å². The molecule has 0 saturated heterocycles. The lowest BCUT2D eigenvalue weighted by molar-refractivity contribution is -0.119. The van der Waals surface area contributed by atoms with Gasteiger partial charge in [-0.25, -0.2) is 4.79 Å². The van der Waals surface area contributed by atoms with Crippen molar-refractivity contribution in [3.05, 3.63) is 77.9 Å². The minimum Gasteiger partial charge on any atom is -0.452 e. The molecule has 3 aromatic carbocycles. The lowest BCUT2D eigenvalue weighted by Crippen LogP contribution is -2.21. The van der Waals surface area contributed by atoms with Crippen LogP contribution in [0.2, 0.25) is 0 Å². The monoisotopic (exact) mass is 347 g/mol. The maximum absolute atomic E-state index is 12.1. The number of ketones is 1. The number of hydrogen-bond acceptors (Lipinski definition) is 4. The number of amides is 1. The Morgan fingerprint density at radius 1 is 0.846 bits per heavy atom. The summed E-state index contributed by atoms with van der Waals surface area (Å²) in [5.41, 5.74) is 1.36. The first kappa shape index (κ1) is 17.4. The molecule has 0 fully saturated rings. The lowest BCUT2D eigenvalue weighted by Gasteiger charge is -2.08. The zero-order chi connectivity index (χ0) is 18.5. The fourth-order valence-corrected chi connectivity index (χ4v) is 2.54. The predicted octanol–water partition coefficient (Wildman–Crippen LogP) is 3.84. The molecule has 0 heterocycles. The summed E-state index contributed by atoms with van der Waals surface area (Å²) in [6, 6.07) is 19.5. The van der Waals surface area contributed by atoms with E-state index in [4.69, 9.17) is 4.74 Å². The molecule has 130 valence electrons. The highest BCUT2D eigenvalue weighted by Gasteiger charge is 2.11. The van der Waals surface area contributed by atoms with Gasteiger partial charge >= 0.3 is 5.97 Å². The maximum atomic E-state index is 12.1. The Labute approximate surface area is 150 Å². The first-order valence-electron chi connectivity index (χ1n) is 8.10. The summed E-state index contributed by atoms with van der Waals surface area (Å²) < 4.78 is 5.07. The molecule has 26 heavy (non-hydrogen) atoms. The van der Waals surface area contributed by atoms with Gasteiger partial charge in [-0.15, -0.1) is 0 Å². The van der Waals surface area contributed by atoms with Gasteiger partial charge in [0.15, 0.2) is 12.4 Å². The third-order valence-corrected chi connectivity index (χ3v) is 3.87. The molecule has 0 spiro atoms. The third-order valence-electron chi connectivity index (χ3n) is 3.87. The van der Waals surface area contributed by atoms with E-state index in [1.54, 1.807) is 36.4 Å². The zero-order valence-corrected chi connectivity index (χ0v) is 14.2. The standard InChI is InChI=1S/C21H17NO4/c1-14(23)16-7-4-8-19(12-16)22-20(24)13-26-21(25)18-10-9-15-5-2-3-6-17(15)11-18/h2-12H,13H2,1H3,(H,22,24). The van der Waals surface area contributed by atoms with Crippen molar-refractivity contribution in [1.82, 2.24) is 0 Å². The molecule has 1 N–H and O–H groups in total. The van der Waals surface area contributed by atoms with E-state index in [0.717, 1.165) is 10.8 Å². The third kappa shape index (κ3) is 4.13. The number of hydrogen-bond donors (Lipinski definition) is 1. The largest absolute Gasteiger partial charge is 0.452 e. The molecule has 0 aliphatic rings. The molecule has 0 aliphatic carbocycles. The Bertz CT molecular complexity index is 994. The van der Waals surface area contributed by atoms with Gasteiger partial charge in [-0.05, 0) is 42.0 Å². The van der Waals surface area contributed by atoms with Gasteiger partial charge in [-0.1, -0.05) is 42.5 Å². The smallest absolute Gasteiger partial charge is 0.338 e. The van der Waals surface area contributed by atoms with Gasteiger partial charge < -0.3 is 10.1 Å². The second-order valence-electron chi connectivity index (χ2n) is 5.82. The SMILES string of the molecule is CC(=O)c1cccc(NC(=O)COC(=O)c2ccc3ccccc3c2)c1. The van der Waals surface area contributed by atoms with Crippen LogP contribution < -0.4 is 5.32 Å². The van der Waals surface area contributed by atoms with E-state index in [1.165, 1.54) is 6.92 Å². The van der Waals surface area contributed by atoms with Crippen molar-refractivity contribution < 1.29 is 19.1 Å². The summed E-state index contributed by atoms with van der Waals surface area (Å²) in [7, 11) is 0. The van der Waals surface area contributed by atoms with Gasteiger partial charge in [0.25, 0.3) is 5.91 Å². The fraction of sp³-hybridized carbons (Fsp3) is 0.0952. The van der Waals surface area contributed by atoms with Crippen LogP contribution in [0.25, 0.3) is 10.8 Å². The number of benzene rings is 3. The molecule has 0 aromatic heterocycles. The van der Waals surface area contributed by atoms with Crippen molar-refractivity contribution in [2.45, 2.75) is 6.92 Å². The Morgan fingerprint density at radius 3 is 2.38 bits per heavy atom. The van der Waals surface area contributed by atoms with Crippen LogP contribution >= 0.6 is 0 Å². The molecule has 0 bridgehead atoms. The lowest BCUT2D eigenvalue weighted by atomic mass is 10.1. The zero-order valence-electron chi connectivity index (χ0n) is 14.2. The van der Waals surface area contributed by atoms with Crippen LogP contribution in [0, 0.1) is 0 Å². The van der Waals surface area contributed by atoms with Gasteiger partial charge in [0, 0.05) is 11.3 Å². The molecule has 5 heteroatoms. The van der Waals surface area contributed by atoms with E-state index in [0.29, 0.717) is 16.8 Å². The summed E-state index contributed by atoms with van der Waals surface area (Å²) in [5, 5.41) is 4.55. The molecule has 0 saturated carbocycles. The van der Waals surface area contributed by atoms with Gasteiger partial charge in [-0.3, -0.25) is 9.59 Å². The van der Waals surface area contributed by atoms with Crippen LogP contribution in [0.1, 0.15) is 27.6 Å². The molecule has 3 rings (SSSR count). The van der Waals surface area contributed by atoms with Crippen molar-refractivity contribution in [3.63, 3.8) is 0 Å². The second-order valence-corrected chi connectivity index (χ2v) is 5.82. The Hall–Kier alpha value is -3.47. The molecule has 3 aromatic rings. The van der Waals surface area contributed by atoms with Gasteiger partial charge in [-0.2, -0.15) is 0 Å². The predicted molar refractivity (Wildman–Crippen MR) is 99.3 cm³/mol. The number of nitrogens with one attached hydrogen (secondary N) is 1. The molecule has 0 unspecified atom stereocenters. The number of carbonyl (C=O) groups is 3. The average molecular weight is 347 g/mol. The highest BCUT2D eigenvalue weighted by Crippen LogP contribution is 2.16. The first-order valence-corrected chi connectivity index (χ1v) is 8.10. The first-order chi connectivity index (χ1) is 12.5. The number of rotatable bonds is 5. The van der Waals surface area contributed by atoms with Crippen LogP contribution in [0.3, 0.4) is 0 Å². The summed E-state index contributed by atoms with van der Waals surface area (Å²) in [5.74, 6) is -1.13. The summed E-state index contributed by atoms with van der Waals surface area (Å²) in [6.07, 6.45) is 0. The Morgan fingerprint density at radius 2 is 1.62 bits per heavy atom. The van der Waals surface area contributed by atoms with Crippen molar-refractivity contribution in [2.75, 3.05) is 11.9 Å². The van der Waals surface area contributed by atoms with Crippen molar-refractivity contribution in [3.8, 4) is 0 Å². The average Bonchev–Trinajstić information content (AvgIpc) is 2.66. The number of esters is 1. The molecule has 0 radical (unpaired) electrons. The topological polar surface area (TPSA) is 72.5 Å². The molecule has 0 atom stereocenters. The van der Waals surface area contributed by atoms with E-state index in [9.17, 15) is 14.4 Å². The van der Waals surface area contributed by atoms with Gasteiger partial charge in [0.2, 0.25) is 0 Å². The number of fused-ring (bicyclic) bond motifs is 1. The van der Waals surface area contributed by atoms with Crippen LogP contribution in [-0.2, 0) is 9.53 Å². The van der Waals surface area contributed by atoms with Gasteiger partial charge in [0.05, 0.1) is 5.56 Å². The summed E-state index contributed by atoms with van der Waals surface area (Å²) in [6.45, 7) is 1.04. The van der Waals surface area contributed by atoms with Crippen LogP contribution in [-0.4, -0.2) is 24.3 Å². The fourth-order valence-electron chi connectivity index (χ4n) is 2.54. The van der Waals surface area contributed by atoms with E-state index in [2.05, 4.69) is 5.32 Å². The molecular weight excluding hydrogens is 330 g/mol. The number of ether oxygens (including phenoxy) is 1. The van der Waals surface area contributed by atoms with E-state index in [1.807, 2.05) is 30.3 Å². The van der Waals surface area contributed by atoms with E-state index >= 15 is 0 Å². The normalized spacial score (nSPS) is 10.3. The highest BCUT2D eigenvalue weighted by molar-refractivity contribution is 5.99. The van der Waals surface area contributed by atoms with Crippen LogP contribution in [0.15, 0.2) is 66.7 Å². The molecule has 1 amide bonds. The Balaban J connectivity index is 1.60. The van der Waals surface area contributed by atoms with Crippen LogP contribution in [0.5, 0.6) is 0 Å². The number of carbonyl (C=O) groups excluding carboxylic acids is 3. The molecular formula is C21H17NO4. The van der Waals surface area contributed by atoms with Crippen molar-refractivity contribution in [2.24, 2.45) is 0 Å². The number of Topliss-reactive ketones (excluding diaryl/α,β-unsaturated/α-hetero) is 1. The maximum Gasteiger partial charge on any atom is 0.338 e. The van der Waals surface area contributed by atoms with E-state index < -0.39 is 18.5 Å². The highest BCUT2D eigenvalue weighted by atomic mass is 16.5. The van der Waals surface area contributed by atoms with Gasteiger partial charge in [0.1, 0.15) is 0 Å². The summed E-state index contributed by atoms with van der Waals surface area (Å²) >= 11 is 0. The minimum atomic E-state index is -0.566.